The lowest BCUT2D eigenvalue weighted by Gasteiger charge is -2.10. The number of carbonyl (C=O) groups excluding carboxylic acids is 1. The van der Waals surface area contributed by atoms with E-state index in [4.69, 9.17) is 9.47 Å². The number of hydrogen-bond donors (Lipinski definition) is 1. The number of rotatable bonds is 6. The lowest BCUT2D eigenvalue weighted by atomic mass is 10.2. The standard InChI is InChI=1S/C19H16F2N2O3S/c1-3-26-17-9-12(5-7-16(17)25-2)18(24)23-19-22-15(10-27-19)11-4-6-13(20)14(21)8-11/h4-10H,3H2,1-2H3,(H,22,23,24). The summed E-state index contributed by atoms with van der Waals surface area (Å²) >= 11 is 1.18. The molecule has 140 valence electrons. The van der Waals surface area contributed by atoms with Gasteiger partial charge in [0.15, 0.2) is 28.3 Å². The van der Waals surface area contributed by atoms with Gasteiger partial charge in [-0.1, -0.05) is 0 Å². The van der Waals surface area contributed by atoms with E-state index in [1.165, 1.54) is 24.5 Å². The molecule has 27 heavy (non-hydrogen) atoms. The molecule has 8 heteroatoms. The monoisotopic (exact) mass is 390 g/mol. The number of benzene rings is 2. The van der Waals surface area contributed by atoms with Crippen molar-refractivity contribution in [1.29, 1.82) is 0 Å². The average molecular weight is 390 g/mol. The summed E-state index contributed by atoms with van der Waals surface area (Å²) in [6.07, 6.45) is 0. The third-order valence-corrected chi connectivity index (χ3v) is 4.42. The number of amides is 1. The molecule has 0 unspecified atom stereocenters. The SMILES string of the molecule is CCOc1cc(C(=O)Nc2nc(-c3ccc(F)c(F)c3)cs2)ccc1OC. The van der Waals surface area contributed by atoms with Crippen LogP contribution >= 0.6 is 11.3 Å². The van der Waals surface area contributed by atoms with Crippen molar-refractivity contribution in [2.45, 2.75) is 6.92 Å². The molecule has 3 rings (SSSR count). The molecule has 0 bridgehead atoms. The fourth-order valence-corrected chi connectivity index (χ4v) is 3.09. The van der Waals surface area contributed by atoms with Gasteiger partial charge in [-0.05, 0) is 43.3 Å². The minimum Gasteiger partial charge on any atom is -0.493 e. The number of ether oxygens (including phenoxy) is 2. The Kier molecular flexibility index (Phi) is 5.66. The number of nitrogens with zero attached hydrogens (tertiary/aromatic N) is 1. The molecule has 0 aliphatic carbocycles. The first-order valence-electron chi connectivity index (χ1n) is 8.05. The van der Waals surface area contributed by atoms with Gasteiger partial charge in [-0.15, -0.1) is 11.3 Å². The van der Waals surface area contributed by atoms with Crippen LogP contribution in [-0.4, -0.2) is 24.6 Å². The Labute approximate surface area is 158 Å². The van der Waals surface area contributed by atoms with Gasteiger partial charge in [0.2, 0.25) is 0 Å². The van der Waals surface area contributed by atoms with E-state index < -0.39 is 11.6 Å². The molecule has 0 aliphatic rings. The fourth-order valence-electron chi connectivity index (χ4n) is 2.37. The summed E-state index contributed by atoms with van der Waals surface area (Å²) in [4.78, 5) is 16.7. The van der Waals surface area contributed by atoms with E-state index >= 15 is 0 Å². The number of thiazole rings is 1. The summed E-state index contributed by atoms with van der Waals surface area (Å²) in [5, 5.41) is 4.68. The third-order valence-electron chi connectivity index (χ3n) is 3.67. The van der Waals surface area contributed by atoms with Crippen molar-refractivity contribution in [3.63, 3.8) is 0 Å². The maximum absolute atomic E-state index is 13.4. The van der Waals surface area contributed by atoms with E-state index in [1.807, 2.05) is 6.92 Å². The number of nitrogens with one attached hydrogen (secondary N) is 1. The Balaban J connectivity index is 1.78. The molecule has 0 aliphatic heterocycles. The number of halogens is 2. The second-order valence-corrected chi connectivity index (χ2v) is 6.28. The molecule has 1 heterocycles. The molecule has 2 aromatic carbocycles. The molecule has 0 spiro atoms. The summed E-state index contributed by atoms with van der Waals surface area (Å²) in [5.74, 6) is -1.25. The zero-order chi connectivity index (χ0) is 19.4. The van der Waals surface area contributed by atoms with Gasteiger partial charge < -0.3 is 9.47 Å². The molecule has 1 amide bonds. The second-order valence-electron chi connectivity index (χ2n) is 5.42. The number of aromatic nitrogens is 1. The summed E-state index contributed by atoms with van der Waals surface area (Å²) in [5.41, 5.74) is 1.25. The van der Waals surface area contributed by atoms with Crippen molar-refractivity contribution in [2.75, 3.05) is 19.0 Å². The zero-order valence-electron chi connectivity index (χ0n) is 14.6. The van der Waals surface area contributed by atoms with E-state index in [-0.39, 0.29) is 5.91 Å². The maximum Gasteiger partial charge on any atom is 0.257 e. The van der Waals surface area contributed by atoms with Crippen molar-refractivity contribution in [2.24, 2.45) is 0 Å². The van der Waals surface area contributed by atoms with Gasteiger partial charge in [0.25, 0.3) is 5.91 Å². The molecule has 1 aromatic heterocycles. The number of methoxy groups -OCH3 is 1. The minimum absolute atomic E-state index is 0.341. The van der Waals surface area contributed by atoms with Crippen LogP contribution in [0.25, 0.3) is 11.3 Å². The molecule has 0 saturated carbocycles. The Morgan fingerprint density at radius 1 is 1.15 bits per heavy atom. The number of hydrogen-bond acceptors (Lipinski definition) is 5. The smallest absolute Gasteiger partial charge is 0.257 e. The average Bonchev–Trinajstić information content (AvgIpc) is 3.12. The first kappa shape index (κ1) is 18.8. The van der Waals surface area contributed by atoms with Crippen molar-refractivity contribution in [3.8, 4) is 22.8 Å². The first-order chi connectivity index (χ1) is 13.0. The summed E-state index contributed by atoms with van der Waals surface area (Å²) < 4.78 is 37.1. The van der Waals surface area contributed by atoms with Gasteiger partial charge in [0.05, 0.1) is 19.4 Å². The van der Waals surface area contributed by atoms with Crippen molar-refractivity contribution in [3.05, 3.63) is 59.0 Å². The number of anilines is 1. The summed E-state index contributed by atoms with van der Waals surface area (Å²) in [7, 11) is 1.52. The molecule has 1 N–H and O–H groups in total. The van der Waals surface area contributed by atoms with Crippen LogP contribution in [0.3, 0.4) is 0 Å². The molecule has 0 atom stereocenters. The van der Waals surface area contributed by atoms with Crippen molar-refractivity contribution in [1.82, 2.24) is 4.98 Å². The molecule has 0 saturated heterocycles. The van der Waals surface area contributed by atoms with Crippen molar-refractivity contribution < 1.29 is 23.0 Å². The van der Waals surface area contributed by atoms with Gasteiger partial charge >= 0.3 is 0 Å². The van der Waals surface area contributed by atoms with E-state index in [2.05, 4.69) is 10.3 Å². The van der Waals surface area contributed by atoms with Gasteiger partial charge in [-0.2, -0.15) is 0 Å². The minimum atomic E-state index is -0.951. The van der Waals surface area contributed by atoms with Crippen LogP contribution in [0, 0.1) is 11.6 Å². The topological polar surface area (TPSA) is 60.5 Å². The van der Waals surface area contributed by atoms with Crippen LogP contribution in [0.2, 0.25) is 0 Å². The molecule has 3 aromatic rings. The van der Waals surface area contributed by atoms with Crippen LogP contribution < -0.4 is 14.8 Å². The predicted octanol–water partition coefficient (Wildman–Crippen LogP) is 4.75. The molecule has 0 fully saturated rings. The Bertz CT molecular complexity index is 975. The first-order valence-corrected chi connectivity index (χ1v) is 8.93. The van der Waals surface area contributed by atoms with E-state index in [1.54, 1.807) is 23.6 Å². The highest BCUT2D eigenvalue weighted by Crippen LogP contribution is 2.29. The van der Waals surface area contributed by atoms with E-state index in [0.717, 1.165) is 12.1 Å². The molecule has 0 radical (unpaired) electrons. The van der Waals surface area contributed by atoms with Crippen molar-refractivity contribution >= 4 is 22.4 Å². The molecule has 5 nitrogen and oxygen atoms in total. The predicted molar refractivity (Wildman–Crippen MR) is 99.6 cm³/mol. The van der Waals surface area contributed by atoms with Crippen LogP contribution in [0.4, 0.5) is 13.9 Å². The second kappa shape index (κ2) is 8.13. The fraction of sp³-hybridized carbons (Fsp3) is 0.158. The van der Waals surface area contributed by atoms with Crippen LogP contribution in [0.15, 0.2) is 41.8 Å². The van der Waals surface area contributed by atoms with Crippen LogP contribution in [0.5, 0.6) is 11.5 Å². The quantitative estimate of drug-likeness (QED) is 0.660. The summed E-state index contributed by atoms with van der Waals surface area (Å²) in [6.45, 7) is 2.27. The van der Waals surface area contributed by atoms with E-state index in [0.29, 0.717) is 40.1 Å². The lowest BCUT2D eigenvalue weighted by Crippen LogP contribution is -2.12. The highest BCUT2D eigenvalue weighted by atomic mass is 32.1. The van der Waals surface area contributed by atoms with Crippen LogP contribution in [0.1, 0.15) is 17.3 Å². The summed E-state index contributed by atoms with van der Waals surface area (Å²) in [6, 6.07) is 8.37. The van der Waals surface area contributed by atoms with Gasteiger partial charge in [-0.3, -0.25) is 10.1 Å². The molecular weight excluding hydrogens is 374 g/mol. The van der Waals surface area contributed by atoms with Crippen LogP contribution in [-0.2, 0) is 0 Å². The van der Waals surface area contributed by atoms with Gasteiger partial charge in [-0.25, -0.2) is 13.8 Å². The Hall–Kier alpha value is -3.00. The lowest BCUT2D eigenvalue weighted by molar-refractivity contribution is 0.102. The Morgan fingerprint density at radius 2 is 1.96 bits per heavy atom. The van der Waals surface area contributed by atoms with Gasteiger partial charge in [0.1, 0.15) is 0 Å². The maximum atomic E-state index is 13.4. The Morgan fingerprint density at radius 3 is 2.67 bits per heavy atom. The van der Waals surface area contributed by atoms with Gasteiger partial charge in [0, 0.05) is 16.5 Å². The highest BCUT2D eigenvalue weighted by Gasteiger charge is 2.14. The molecular formula is C19H16F2N2O3S. The zero-order valence-corrected chi connectivity index (χ0v) is 15.4. The third kappa shape index (κ3) is 4.22. The number of carbonyl (C=O) groups is 1. The normalized spacial score (nSPS) is 10.5. The highest BCUT2D eigenvalue weighted by molar-refractivity contribution is 7.14. The largest absolute Gasteiger partial charge is 0.493 e. The van der Waals surface area contributed by atoms with E-state index in [9.17, 15) is 13.6 Å².